The first-order valence-electron chi connectivity index (χ1n) is 8.10. The third kappa shape index (κ3) is 4.00. The van der Waals surface area contributed by atoms with Gasteiger partial charge in [0.2, 0.25) is 0 Å². The summed E-state index contributed by atoms with van der Waals surface area (Å²) in [4.78, 5) is 0.382. The molecule has 1 aliphatic rings. The average molecular weight is 344 g/mol. The lowest BCUT2D eigenvalue weighted by Gasteiger charge is -2.47. The van der Waals surface area contributed by atoms with E-state index in [-0.39, 0.29) is 7.92 Å². The Hall–Kier alpha value is 0.770. The van der Waals surface area contributed by atoms with Gasteiger partial charge in [0, 0.05) is 0 Å². The van der Waals surface area contributed by atoms with Crippen molar-refractivity contribution >= 4 is 34.4 Å². The van der Waals surface area contributed by atoms with E-state index in [1.807, 2.05) is 0 Å². The van der Waals surface area contributed by atoms with Gasteiger partial charge < -0.3 is 0 Å². The largest absolute Gasteiger partial charge is 0.0830 e. The molecule has 1 rings (SSSR count). The van der Waals surface area contributed by atoms with Gasteiger partial charge >= 0.3 is 0 Å². The molecular formula is C18H35P3. The summed E-state index contributed by atoms with van der Waals surface area (Å²) in [5.74, 6) is 0. The van der Waals surface area contributed by atoms with Crippen LogP contribution in [-0.4, -0.2) is 21.6 Å². The van der Waals surface area contributed by atoms with Gasteiger partial charge in [0.25, 0.3) is 0 Å². The first kappa shape index (κ1) is 19.8. The molecule has 3 heteroatoms. The van der Waals surface area contributed by atoms with Gasteiger partial charge in [0.05, 0.1) is 4.90 Å². The molecule has 0 aromatic carbocycles. The first-order valence-corrected chi connectivity index (χ1v) is 11.7. The van der Waals surface area contributed by atoms with E-state index in [9.17, 15) is 0 Å². The zero-order valence-electron chi connectivity index (χ0n) is 16.0. The van der Waals surface area contributed by atoms with Crippen molar-refractivity contribution in [3.63, 3.8) is 0 Å². The summed E-state index contributed by atoms with van der Waals surface area (Å²) in [7, 11) is 3.15. The van der Waals surface area contributed by atoms with Crippen LogP contribution in [0.1, 0.15) is 75.7 Å². The average Bonchev–Trinajstić information content (AvgIpc) is 2.24. The monoisotopic (exact) mass is 344 g/mol. The van der Waals surface area contributed by atoms with Crippen molar-refractivity contribution in [1.29, 1.82) is 0 Å². The molecule has 0 bridgehead atoms. The highest BCUT2D eigenvalue weighted by atomic mass is 31.2. The first-order chi connectivity index (χ1) is 9.16. The van der Waals surface area contributed by atoms with Crippen molar-refractivity contribution in [3.8, 4) is 0 Å². The van der Waals surface area contributed by atoms with Crippen LogP contribution >= 0.6 is 24.3 Å². The third-order valence-electron chi connectivity index (χ3n) is 4.25. The Bertz CT molecular complexity index is 418. The molecule has 1 aliphatic heterocycles. The highest BCUT2D eigenvalue weighted by molar-refractivity contribution is 8.05. The number of hydrogen-bond donors (Lipinski definition) is 0. The molecular weight excluding hydrogens is 309 g/mol. The van der Waals surface area contributed by atoms with Crippen molar-refractivity contribution in [2.45, 2.75) is 80.6 Å². The predicted octanol–water partition coefficient (Wildman–Crippen LogP) is 7.51. The SMILES string of the molecule is CCC1(C(C)(C)C)P=C(C(C)(C)C)P(C)C(C(C)(C)C)=P1. The maximum Gasteiger partial charge on any atom is 0.0589 e. The molecule has 0 fully saturated rings. The Morgan fingerprint density at radius 1 is 0.810 bits per heavy atom. The minimum Gasteiger partial charge on any atom is -0.0830 e. The van der Waals surface area contributed by atoms with Crippen LogP contribution in [0.5, 0.6) is 0 Å². The smallest absolute Gasteiger partial charge is 0.0589 e. The Balaban J connectivity index is 3.63. The molecule has 0 amide bonds. The molecule has 0 radical (unpaired) electrons. The Labute approximate surface area is 138 Å². The van der Waals surface area contributed by atoms with E-state index < -0.39 is 0 Å². The summed E-state index contributed by atoms with van der Waals surface area (Å²) in [6, 6.07) is 0. The van der Waals surface area contributed by atoms with Crippen LogP contribution in [0.2, 0.25) is 0 Å². The van der Waals surface area contributed by atoms with Gasteiger partial charge in [0.1, 0.15) is 0 Å². The topological polar surface area (TPSA) is 0 Å². The highest BCUT2D eigenvalue weighted by Crippen LogP contribution is 2.66. The highest BCUT2D eigenvalue weighted by Gasteiger charge is 2.45. The molecule has 0 N–H and O–H groups in total. The zero-order valence-corrected chi connectivity index (χ0v) is 18.7. The Morgan fingerprint density at radius 3 is 1.33 bits per heavy atom. The van der Waals surface area contributed by atoms with E-state index >= 15 is 0 Å². The van der Waals surface area contributed by atoms with Crippen molar-refractivity contribution < 1.29 is 0 Å². The molecule has 0 aliphatic carbocycles. The Morgan fingerprint density at radius 2 is 1.14 bits per heavy atom. The Kier molecular flexibility index (Phi) is 5.67. The lowest BCUT2D eigenvalue weighted by Crippen LogP contribution is -2.38. The summed E-state index contributed by atoms with van der Waals surface area (Å²) in [6.07, 6.45) is 1.27. The summed E-state index contributed by atoms with van der Waals surface area (Å²) in [6.45, 7) is 26.7. The van der Waals surface area contributed by atoms with Crippen molar-refractivity contribution in [2.24, 2.45) is 16.2 Å². The van der Waals surface area contributed by atoms with Crippen LogP contribution in [0.4, 0.5) is 0 Å². The van der Waals surface area contributed by atoms with Crippen molar-refractivity contribution in [1.82, 2.24) is 0 Å². The number of rotatable bonds is 1. The standard InChI is InChI=1S/C18H35P3/c1-12-18(17(8,9)10)19-13(15(2,3)4)21(11)14(20-18)16(5,6)7/h12H2,1-11H3. The van der Waals surface area contributed by atoms with Gasteiger partial charge in [-0.1, -0.05) is 85.6 Å². The summed E-state index contributed by atoms with van der Waals surface area (Å²) in [5.41, 5.74) is 0.981. The van der Waals surface area contributed by atoms with E-state index in [1.54, 1.807) is 26.5 Å². The molecule has 0 spiro atoms. The minimum atomic E-state index is -0.0973. The fraction of sp³-hybridized carbons (Fsp3) is 0.889. The lowest BCUT2D eigenvalue weighted by atomic mass is 9.89. The molecule has 0 aromatic heterocycles. The number of hydrogen-bond acceptors (Lipinski definition) is 0. The molecule has 0 nitrogen and oxygen atoms in total. The molecule has 122 valence electrons. The molecule has 0 saturated carbocycles. The van der Waals surface area contributed by atoms with E-state index in [4.69, 9.17) is 0 Å². The van der Waals surface area contributed by atoms with Crippen LogP contribution in [0.25, 0.3) is 0 Å². The van der Waals surface area contributed by atoms with Crippen LogP contribution in [-0.2, 0) is 0 Å². The second kappa shape index (κ2) is 6.00. The van der Waals surface area contributed by atoms with Gasteiger partial charge in [-0.05, 0) is 47.3 Å². The summed E-state index contributed by atoms with van der Waals surface area (Å²) < 4.78 is 0. The molecule has 0 unspecified atom stereocenters. The lowest BCUT2D eigenvalue weighted by molar-refractivity contribution is 0.357. The molecule has 0 saturated heterocycles. The van der Waals surface area contributed by atoms with Crippen LogP contribution in [0, 0.1) is 16.2 Å². The molecule has 0 aromatic rings. The van der Waals surface area contributed by atoms with Gasteiger partial charge in [-0.2, -0.15) is 0 Å². The van der Waals surface area contributed by atoms with Crippen LogP contribution in [0.15, 0.2) is 0 Å². The van der Waals surface area contributed by atoms with Crippen LogP contribution in [0.3, 0.4) is 0 Å². The second-order valence-corrected chi connectivity index (χ2v) is 15.3. The fourth-order valence-corrected chi connectivity index (χ4v) is 11.9. The quantitative estimate of drug-likeness (QED) is 0.432. The summed E-state index contributed by atoms with van der Waals surface area (Å²) >= 11 is 0. The molecule has 0 atom stereocenters. The fourth-order valence-electron chi connectivity index (χ4n) is 2.99. The van der Waals surface area contributed by atoms with Crippen molar-refractivity contribution in [3.05, 3.63) is 0 Å². The predicted molar refractivity (Wildman–Crippen MR) is 108 cm³/mol. The van der Waals surface area contributed by atoms with Gasteiger partial charge in [0.15, 0.2) is 0 Å². The van der Waals surface area contributed by atoms with Gasteiger partial charge in [-0.15, -0.1) is 0 Å². The van der Waals surface area contributed by atoms with Gasteiger partial charge in [-0.25, -0.2) is 0 Å². The maximum absolute atomic E-state index is 2.51. The molecule has 21 heavy (non-hydrogen) atoms. The van der Waals surface area contributed by atoms with E-state index in [1.165, 1.54) is 6.42 Å². The third-order valence-corrected chi connectivity index (χ3v) is 14.3. The normalized spacial score (nSPS) is 29.8. The minimum absolute atomic E-state index is 0.0973. The van der Waals surface area contributed by atoms with Crippen molar-refractivity contribution in [2.75, 3.05) is 6.66 Å². The summed E-state index contributed by atoms with van der Waals surface area (Å²) in [5, 5.41) is 3.61. The van der Waals surface area contributed by atoms with E-state index in [0.29, 0.717) is 21.1 Å². The van der Waals surface area contributed by atoms with E-state index in [2.05, 4.69) is 75.9 Å². The molecule has 1 heterocycles. The zero-order chi connectivity index (χ0) is 16.9. The second-order valence-electron chi connectivity index (χ2n) is 9.35. The van der Waals surface area contributed by atoms with E-state index in [0.717, 1.165) is 0 Å². The van der Waals surface area contributed by atoms with Crippen LogP contribution < -0.4 is 0 Å². The van der Waals surface area contributed by atoms with Gasteiger partial charge in [-0.3, -0.25) is 0 Å². The maximum atomic E-state index is 2.51.